The minimum Gasteiger partial charge on any atom is -0.504 e. The molecule has 1 aliphatic heterocycles. The highest BCUT2D eigenvalue weighted by Gasteiger charge is 2.18. The quantitative estimate of drug-likeness (QED) is 0.804. The highest BCUT2D eigenvalue weighted by molar-refractivity contribution is 5.47. The third kappa shape index (κ3) is 2.14. The molecule has 3 heteroatoms. The molecule has 1 saturated heterocycles. The summed E-state index contributed by atoms with van der Waals surface area (Å²) < 4.78 is 5.11. The highest BCUT2D eigenvalue weighted by Crippen LogP contribution is 2.35. The molecule has 1 fully saturated rings. The van der Waals surface area contributed by atoms with Crippen LogP contribution in [-0.4, -0.2) is 25.3 Å². The second-order valence-electron chi connectivity index (χ2n) is 4.40. The summed E-state index contributed by atoms with van der Waals surface area (Å²) in [5.41, 5.74) is 2.47. The number of aryl methyl sites for hydroxylation is 1. The van der Waals surface area contributed by atoms with Crippen molar-refractivity contribution in [2.24, 2.45) is 0 Å². The largest absolute Gasteiger partial charge is 0.504 e. The Bertz CT molecular complexity index is 370. The molecular formula is C13H19NO2. The van der Waals surface area contributed by atoms with E-state index in [0.717, 1.165) is 25.9 Å². The monoisotopic (exact) mass is 221 g/mol. The molecule has 0 atom stereocenters. The number of methoxy groups -OCH3 is 1. The SMILES string of the molecule is COc1cc(C)c(C2CCNCC2)cc1O. The Morgan fingerprint density at radius 3 is 2.62 bits per heavy atom. The van der Waals surface area contributed by atoms with Gasteiger partial charge in [-0.3, -0.25) is 0 Å². The van der Waals surface area contributed by atoms with Crippen LogP contribution in [0.2, 0.25) is 0 Å². The number of piperidine rings is 1. The number of phenols is 1. The summed E-state index contributed by atoms with van der Waals surface area (Å²) in [7, 11) is 1.58. The summed E-state index contributed by atoms with van der Waals surface area (Å²) in [5.74, 6) is 1.38. The lowest BCUT2D eigenvalue weighted by molar-refractivity contribution is 0.371. The third-order valence-corrected chi connectivity index (χ3v) is 3.35. The molecule has 1 aromatic rings. The number of rotatable bonds is 2. The van der Waals surface area contributed by atoms with Gasteiger partial charge in [-0.1, -0.05) is 0 Å². The average molecular weight is 221 g/mol. The molecule has 0 unspecified atom stereocenters. The standard InChI is InChI=1S/C13H19NO2/c1-9-7-13(16-2)12(15)8-11(9)10-3-5-14-6-4-10/h7-8,10,14-15H,3-6H2,1-2H3. The van der Waals surface area contributed by atoms with Crippen LogP contribution in [0.15, 0.2) is 12.1 Å². The maximum Gasteiger partial charge on any atom is 0.160 e. The first-order valence-electron chi connectivity index (χ1n) is 5.80. The molecular weight excluding hydrogens is 202 g/mol. The van der Waals surface area contributed by atoms with Gasteiger partial charge in [-0.25, -0.2) is 0 Å². The Labute approximate surface area is 96.4 Å². The van der Waals surface area contributed by atoms with Gasteiger partial charge in [-0.05, 0) is 62.0 Å². The van der Waals surface area contributed by atoms with Crippen LogP contribution in [0.5, 0.6) is 11.5 Å². The molecule has 2 rings (SSSR count). The van der Waals surface area contributed by atoms with Gasteiger partial charge >= 0.3 is 0 Å². The normalized spacial score (nSPS) is 17.4. The molecule has 0 radical (unpaired) electrons. The van der Waals surface area contributed by atoms with E-state index in [4.69, 9.17) is 4.74 Å². The van der Waals surface area contributed by atoms with Crippen LogP contribution >= 0.6 is 0 Å². The van der Waals surface area contributed by atoms with Crippen molar-refractivity contribution in [3.63, 3.8) is 0 Å². The van der Waals surface area contributed by atoms with Crippen LogP contribution in [0.1, 0.15) is 29.9 Å². The van der Waals surface area contributed by atoms with Gasteiger partial charge < -0.3 is 15.2 Å². The molecule has 1 aromatic carbocycles. The maximum atomic E-state index is 9.81. The topological polar surface area (TPSA) is 41.5 Å². The van der Waals surface area contributed by atoms with Crippen LogP contribution in [0, 0.1) is 6.92 Å². The van der Waals surface area contributed by atoms with E-state index in [2.05, 4.69) is 12.2 Å². The lowest BCUT2D eigenvalue weighted by Gasteiger charge is -2.25. The lowest BCUT2D eigenvalue weighted by Crippen LogP contribution is -2.26. The molecule has 0 spiro atoms. The first-order chi connectivity index (χ1) is 7.72. The zero-order valence-electron chi connectivity index (χ0n) is 9.92. The summed E-state index contributed by atoms with van der Waals surface area (Å²) >= 11 is 0. The van der Waals surface area contributed by atoms with E-state index in [1.165, 1.54) is 11.1 Å². The predicted octanol–water partition coefficient (Wildman–Crippen LogP) is 2.18. The van der Waals surface area contributed by atoms with Crippen LogP contribution in [-0.2, 0) is 0 Å². The molecule has 88 valence electrons. The summed E-state index contributed by atoms with van der Waals surface area (Å²) in [6.07, 6.45) is 2.29. The Morgan fingerprint density at radius 2 is 2.00 bits per heavy atom. The fourth-order valence-corrected chi connectivity index (χ4v) is 2.42. The van der Waals surface area contributed by atoms with Crippen molar-refractivity contribution in [1.29, 1.82) is 0 Å². The van der Waals surface area contributed by atoms with E-state index < -0.39 is 0 Å². The molecule has 0 aromatic heterocycles. The Hall–Kier alpha value is -1.22. The lowest BCUT2D eigenvalue weighted by atomic mass is 9.87. The van der Waals surface area contributed by atoms with Crippen molar-refractivity contribution in [1.82, 2.24) is 5.32 Å². The Balaban J connectivity index is 2.29. The minimum absolute atomic E-state index is 0.252. The van der Waals surface area contributed by atoms with Gasteiger partial charge in [0.15, 0.2) is 11.5 Å². The molecule has 0 aliphatic carbocycles. The van der Waals surface area contributed by atoms with E-state index in [1.807, 2.05) is 12.1 Å². The zero-order valence-corrected chi connectivity index (χ0v) is 9.92. The summed E-state index contributed by atoms with van der Waals surface area (Å²) in [4.78, 5) is 0. The van der Waals surface area contributed by atoms with Gasteiger partial charge in [0.1, 0.15) is 0 Å². The van der Waals surface area contributed by atoms with Gasteiger partial charge in [-0.15, -0.1) is 0 Å². The Kier molecular flexibility index (Phi) is 3.34. The smallest absolute Gasteiger partial charge is 0.160 e. The van der Waals surface area contributed by atoms with Crippen molar-refractivity contribution in [3.05, 3.63) is 23.3 Å². The van der Waals surface area contributed by atoms with Gasteiger partial charge in [-0.2, -0.15) is 0 Å². The fourth-order valence-electron chi connectivity index (χ4n) is 2.42. The van der Waals surface area contributed by atoms with Crippen molar-refractivity contribution in [2.45, 2.75) is 25.7 Å². The van der Waals surface area contributed by atoms with Crippen molar-refractivity contribution in [2.75, 3.05) is 20.2 Å². The van der Waals surface area contributed by atoms with Gasteiger partial charge in [0.05, 0.1) is 7.11 Å². The predicted molar refractivity (Wildman–Crippen MR) is 64.2 cm³/mol. The van der Waals surface area contributed by atoms with Gasteiger partial charge in [0.25, 0.3) is 0 Å². The van der Waals surface area contributed by atoms with Gasteiger partial charge in [0, 0.05) is 0 Å². The summed E-state index contributed by atoms with van der Waals surface area (Å²) in [6.45, 7) is 4.22. The third-order valence-electron chi connectivity index (χ3n) is 3.35. The van der Waals surface area contributed by atoms with Crippen LogP contribution < -0.4 is 10.1 Å². The number of benzene rings is 1. The second-order valence-corrected chi connectivity index (χ2v) is 4.40. The van der Waals surface area contributed by atoms with E-state index >= 15 is 0 Å². The highest BCUT2D eigenvalue weighted by atomic mass is 16.5. The second kappa shape index (κ2) is 4.74. The molecule has 1 aliphatic rings. The number of nitrogens with one attached hydrogen (secondary N) is 1. The average Bonchev–Trinajstić information content (AvgIpc) is 2.32. The van der Waals surface area contributed by atoms with E-state index in [9.17, 15) is 5.11 Å². The molecule has 0 bridgehead atoms. The molecule has 16 heavy (non-hydrogen) atoms. The van der Waals surface area contributed by atoms with Crippen LogP contribution in [0.25, 0.3) is 0 Å². The van der Waals surface area contributed by atoms with Crippen molar-refractivity contribution in [3.8, 4) is 11.5 Å². The fraction of sp³-hybridized carbons (Fsp3) is 0.538. The van der Waals surface area contributed by atoms with E-state index in [1.54, 1.807) is 7.11 Å². The molecule has 0 saturated carbocycles. The van der Waals surface area contributed by atoms with Crippen molar-refractivity contribution < 1.29 is 9.84 Å². The first kappa shape index (κ1) is 11.3. The Morgan fingerprint density at radius 1 is 1.31 bits per heavy atom. The maximum absolute atomic E-state index is 9.81. The molecule has 3 nitrogen and oxygen atoms in total. The zero-order chi connectivity index (χ0) is 11.5. The molecule has 1 heterocycles. The summed E-state index contributed by atoms with van der Waals surface area (Å²) in [5, 5.41) is 13.2. The van der Waals surface area contributed by atoms with E-state index in [-0.39, 0.29) is 5.75 Å². The van der Waals surface area contributed by atoms with E-state index in [0.29, 0.717) is 11.7 Å². The number of hydrogen-bond donors (Lipinski definition) is 2. The first-order valence-corrected chi connectivity index (χ1v) is 5.80. The van der Waals surface area contributed by atoms with Gasteiger partial charge in [0.2, 0.25) is 0 Å². The molecule has 0 amide bonds. The minimum atomic E-state index is 0.252. The number of ether oxygens (including phenoxy) is 1. The number of hydrogen-bond acceptors (Lipinski definition) is 3. The number of aromatic hydroxyl groups is 1. The molecule has 2 N–H and O–H groups in total. The van der Waals surface area contributed by atoms with Crippen LogP contribution in [0.3, 0.4) is 0 Å². The number of phenolic OH excluding ortho intramolecular Hbond substituents is 1. The summed E-state index contributed by atoms with van der Waals surface area (Å²) in [6, 6.07) is 3.79. The van der Waals surface area contributed by atoms with Crippen LogP contribution in [0.4, 0.5) is 0 Å². The van der Waals surface area contributed by atoms with Crippen molar-refractivity contribution >= 4 is 0 Å².